The summed E-state index contributed by atoms with van der Waals surface area (Å²) < 4.78 is 0. The van der Waals surface area contributed by atoms with Crippen LogP contribution in [0, 0.1) is 6.92 Å². The number of hydrogen-bond donors (Lipinski definition) is 1. The standard InChI is InChI=1S/C17H31N3/c1-4-6-7-8-12-18-13-14-20(5-2)15-17-11-9-10-16(3)19-17/h9-11,18H,4-8,12-15H2,1-3H3. The summed E-state index contributed by atoms with van der Waals surface area (Å²) >= 11 is 0. The van der Waals surface area contributed by atoms with Crippen molar-refractivity contribution in [2.75, 3.05) is 26.2 Å². The summed E-state index contributed by atoms with van der Waals surface area (Å²) in [6.07, 6.45) is 5.34. The van der Waals surface area contributed by atoms with Crippen molar-refractivity contribution in [1.82, 2.24) is 15.2 Å². The average molecular weight is 277 g/mol. The molecule has 0 radical (unpaired) electrons. The van der Waals surface area contributed by atoms with Gasteiger partial charge in [0.25, 0.3) is 0 Å². The first-order valence-electron chi connectivity index (χ1n) is 8.11. The summed E-state index contributed by atoms with van der Waals surface area (Å²) in [6.45, 7) is 11.9. The van der Waals surface area contributed by atoms with Crippen LogP contribution in [0.5, 0.6) is 0 Å². The van der Waals surface area contributed by atoms with Gasteiger partial charge in [-0.2, -0.15) is 0 Å². The Kier molecular flexibility index (Phi) is 9.25. The highest BCUT2D eigenvalue weighted by atomic mass is 15.1. The number of likely N-dealkylation sites (N-methyl/N-ethyl adjacent to an activating group) is 1. The molecular weight excluding hydrogens is 246 g/mol. The van der Waals surface area contributed by atoms with E-state index < -0.39 is 0 Å². The van der Waals surface area contributed by atoms with Gasteiger partial charge in [-0.25, -0.2) is 0 Å². The van der Waals surface area contributed by atoms with Gasteiger partial charge in [0.1, 0.15) is 0 Å². The van der Waals surface area contributed by atoms with E-state index >= 15 is 0 Å². The summed E-state index contributed by atoms with van der Waals surface area (Å²) in [4.78, 5) is 7.02. The van der Waals surface area contributed by atoms with Gasteiger partial charge in [0.2, 0.25) is 0 Å². The second-order valence-electron chi connectivity index (χ2n) is 5.45. The van der Waals surface area contributed by atoms with E-state index in [1.807, 2.05) is 0 Å². The molecule has 0 aliphatic rings. The van der Waals surface area contributed by atoms with Crippen molar-refractivity contribution in [2.45, 2.75) is 53.0 Å². The van der Waals surface area contributed by atoms with Crippen molar-refractivity contribution in [3.8, 4) is 0 Å². The van der Waals surface area contributed by atoms with Gasteiger partial charge in [0.15, 0.2) is 0 Å². The van der Waals surface area contributed by atoms with Crippen molar-refractivity contribution in [3.05, 3.63) is 29.6 Å². The monoisotopic (exact) mass is 277 g/mol. The summed E-state index contributed by atoms with van der Waals surface area (Å²) in [5.74, 6) is 0. The number of pyridine rings is 1. The number of rotatable bonds is 11. The van der Waals surface area contributed by atoms with Gasteiger partial charge in [-0.1, -0.05) is 39.2 Å². The van der Waals surface area contributed by atoms with Crippen molar-refractivity contribution in [3.63, 3.8) is 0 Å². The first-order chi connectivity index (χ1) is 9.76. The van der Waals surface area contributed by atoms with E-state index in [2.05, 4.69) is 54.2 Å². The van der Waals surface area contributed by atoms with E-state index in [1.165, 1.54) is 31.4 Å². The molecule has 0 unspecified atom stereocenters. The van der Waals surface area contributed by atoms with E-state index in [-0.39, 0.29) is 0 Å². The quantitative estimate of drug-likeness (QED) is 0.629. The van der Waals surface area contributed by atoms with Crippen LogP contribution < -0.4 is 5.32 Å². The summed E-state index contributed by atoms with van der Waals surface area (Å²) in [7, 11) is 0. The normalized spacial score (nSPS) is 11.2. The van der Waals surface area contributed by atoms with Crippen molar-refractivity contribution >= 4 is 0 Å². The van der Waals surface area contributed by atoms with E-state index in [1.54, 1.807) is 0 Å². The molecule has 114 valence electrons. The van der Waals surface area contributed by atoms with Gasteiger partial charge in [0, 0.05) is 25.3 Å². The van der Waals surface area contributed by atoms with Crippen LogP contribution in [0.15, 0.2) is 18.2 Å². The lowest BCUT2D eigenvalue weighted by Crippen LogP contribution is -2.32. The number of nitrogens with zero attached hydrogens (tertiary/aromatic N) is 2. The lowest BCUT2D eigenvalue weighted by atomic mass is 10.2. The molecule has 3 nitrogen and oxygen atoms in total. The van der Waals surface area contributed by atoms with Crippen LogP contribution >= 0.6 is 0 Å². The molecule has 1 heterocycles. The Morgan fingerprint density at radius 3 is 2.65 bits per heavy atom. The van der Waals surface area contributed by atoms with Gasteiger partial charge in [-0.3, -0.25) is 9.88 Å². The average Bonchev–Trinajstić information content (AvgIpc) is 2.45. The third-order valence-electron chi connectivity index (χ3n) is 3.59. The minimum Gasteiger partial charge on any atom is -0.315 e. The SMILES string of the molecule is CCCCCCNCCN(CC)Cc1cccc(C)n1. The summed E-state index contributed by atoms with van der Waals surface area (Å²) in [5.41, 5.74) is 2.28. The smallest absolute Gasteiger partial charge is 0.0547 e. The Balaban J connectivity index is 2.16. The van der Waals surface area contributed by atoms with Crippen LogP contribution in [0.3, 0.4) is 0 Å². The number of unbranched alkanes of at least 4 members (excludes halogenated alkanes) is 3. The number of nitrogens with one attached hydrogen (secondary N) is 1. The van der Waals surface area contributed by atoms with Gasteiger partial charge in [-0.15, -0.1) is 0 Å². The highest BCUT2D eigenvalue weighted by Crippen LogP contribution is 2.03. The third-order valence-corrected chi connectivity index (χ3v) is 3.59. The minimum atomic E-state index is 0.954. The molecule has 0 saturated carbocycles. The molecule has 0 amide bonds. The van der Waals surface area contributed by atoms with Crippen molar-refractivity contribution in [1.29, 1.82) is 0 Å². The largest absolute Gasteiger partial charge is 0.315 e. The van der Waals surface area contributed by atoms with Crippen LogP contribution in [0.1, 0.15) is 50.9 Å². The van der Waals surface area contributed by atoms with Crippen LogP contribution in [0.25, 0.3) is 0 Å². The molecule has 0 aromatic carbocycles. The molecule has 1 aromatic rings. The van der Waals surface area contributed by atoms with E-state index in [9.17, 15) is 0 Å². The zero-order valence-electron chi connectivity index (χ0n) is 13.5. The van der Waals surface area contributed by atoms with E-state index in [0.29, 0.717) is 0 Å². The lowest BCUT2D eigenvalue weighted by molar-refractivity contribution is 0.275. The lowest BCUT2D eigenvalue weighted by Gasteiger charge is -2.20. The van der Waals surface area contributed by atoms with Crippen molar-refractivity contribution in [2.24, 2.45) is 0 Å². The first kappa shape index (κ1) is 17.1. The van der Waals surface area contributed by atoms with Gasteiger partial charge in [-0.05, 0) is 38.6 Å². The minimum absolute atomic E-state index is 0.954. The second kappa shape index (κ2) is 10.8. The third kappa shape index (κ3) is 7.61. The highest BCUT2D eigenvalue weighted by molar-refractivity contribution is 5.09. The molecule has 0 atom stereocenters. The summed E-state index contributed by atoms with van der Waals surface area (Å²) in [6, 6.07) is 6.27. The van der Waals surface area contributed by atoms with Gasteiger partial charge in [0.05, 0.1) is 5.69 Å². The zero-order chi connectivity index (χ0) is 14.6. The van der Waals surface area contributed by atoms with Gasteiger partial charge < -0.3 is 5.32 Å². The maximum Gasteiger partial charge on any atom is 0.0547 e. The molecule has 1 N–H and O–H groups in total. The molecule has 0 saturated heterocycles. The Labute approximate surface area is 124 Å². The molecule has 0 spiro atoms. The molecule has 1 aromatic heterocycles. The fraction of sp³-hybridized carbons (Fsp3) is 0.706. The Morgan fingerprint density at radius 1 is 1.10 bits per heavy atom. The molecule has 3 heteroatoms. The predicted molar refractivity (Wildman–Crippen MR) is 86.9 cm³/mol. The number of aryl methyl sites for hydroxylation is 1. The molecule has 0 bridgehead atoms. The fourth-order valence-electron chi connectivity index (χ4n) is 2.30. The molecule has 0 aliphatic carbocycles. The topological polar surface area (TPSA) is 28.2 Å². The Hall–Kier alpha value is -0.930. The molecular formula is C17H31N3. The Bertz CT molecular complexity index is 352. The van der Waals surface area contributed by atoms with Crippen LogP contribution in [-0.4, -0.2) is 36.1 Å². The number of hydrogen-bond acceptors (Lipinski definition) is 3. The first-order valence-corrected chi connectivity index (χ1v) is 8.11. The highest BCUT2D eigenvalue weighted by Gasteiger charge is 2.04. The van der Waals surface area contributed by atoms with Crippen molar-refractivity contribution < 1.29 is 0 Å². The molecule has 0 aliphatic heterocycles. The van der Waals surface area contributed by atoms with E-state index in [4.69, 9.17) is 0 Å². The van der Waals surface area contributed by atoms with E-state index in [0.717, 1.165) is 38.4 Å². The van der Waals surface area contributed by atoms with Crippen LogP contribution in [-0.2, 0) is 6.54 Å². The number of aromatic nitrogens is 1. The van der Waals surface area contributed by atoms with Crippen LogP contribution in [0.2, 0.25) is 0 Å². The van der Waals surface area contributed by atoms with Crippen LogP contribution in [0.4, 0.5) is 0 Å². The van der Waals surface area contributed by atoms with Gasteiger partial charge >= 0.3 is 0 Å². The zero-order valence-corrected chi connectivity index (χ0v) is 13.5. The maximum atomic E-state index is 4.58. The molecule has 0 fully saturated rings. The second-order valence-corrected chi connectivity index (χ2v) is 5.45. The summed E-state index contributed by atoms with van der Waals surface area (Å²) in [5, 5.41) is 3.54. The maximum absolute atomic E-state index is 4.58. The molecule has 20 heavy (non-hydrogen) atoms. The molecule has 1 rings (SSSR count). The predicted octanol–water partition coefficient (Wildman–Crippen LogP) is 3.38. The Morgan fingerprint density at radius 2 is 1.95 bits per heavy atom. The fourth-order valence-corrected chi connectivity index (χ4v) is 2.30.